The van der Waals surface area contributed by atoms with Crippen molar-refractivity contribution < 1.29 is 9.53 Å². The van der Waals surface area contributed by atoms with Crippen LogP contribution in [0.25, 0.3) is 0 Å². The number of hydrogen-bond donors (Lipinski definition) is 2. The SMILES string of the molecule is COCCNCCNC(=O)c1cnsn1. The summed E-state index contributed by atoms with van der Waals surface area (Å²) < 4.78 is 12.4. The average Bonchev–Trinajstić information content (AvgIpc) is 2.76. The molecule has 0 saturated carbocycles. The van der Waals surface area contributed by atoms with Gasteiger partial charge in [0.25, 0.3) is 5.91 Å². The lowest BCUT2D eigenvalue weighted by atomic mass is 10.4. The lowest BCUT2D eigenvalue weighted by molar-refractivity contribution is 0.0949. The van der Waals surface area contributed by atoms with E-state index in [-0.39, 0.29) is 5.91 Å². The standard InChI is InChI=1S/C8H14N4O2S/c1-14-5-4-9-2-3-10-8(13)7-6-11-15-12-7/h6,9H,2-5H2,1H3,(H,10,13). The predicted octanol–water partition coefficient (Wildman–Crippen LogP) is -0.496. The van der Waals surface area contributed by atoms with E-state index in [4.69, 9.17) is 4.74 Å². The smallest absolute Gasteiger partial charge is 0.272 e. The van der Waals surface area contributed by atoms with Crippen LogP contribution in [0.2, 0.25) is 0 Å². The molecule has 84 valence electrons. The molecule has 0 spiro atoms. The fourth-order valence-corrected chi connectivity index (χ4v) is 1.33. The molecular weight excluding hydrogens is 216 g/mol. The third kappa shape index (κ3) is 4.82. The number of hydrogen-bond acceptors (Lipinski definition) is 6. The Balaban J connectivity index is 2.03. The van der Waals surface area contributed by atoms with Crippen molar-refractivity contribution in [2.75, 3.05) is 33.4 Å². The summed E-state index contributed by atoms with van der Waals surface area (Å²) in [6, 6.07) is 0. The summed E-state index contributed by atoms with van der Waals surface area (Å²) in [6.07, 6.45) is 1.46. The van der Waals surface area contributed by atoms with Crippen molar-refractivity contribution in [3.8, 4) is 0 Å². The second kappa shape index (κ2) is 7.27. The van der Waals surface area contributed by atoms with Gasteiger partial charge in [-0.2, -0.15) is 8.75 Å². The van der Waals surface area contributed by atoms with Crippen LogP contribution in [-0.2, 0) is 4.74 Å². The quantitative estimate of drug-likeness (QED) is 0.618. The molecule has 0 atom stereocenters. The summed E-state index contributed by atoms with van der Waals surface area (Å²) in [7, 11) is 1.65. The number of ether oxygens (including phenoxy) is 1. The van der Waals surface area contributed by atoms with Gasteiger partial charge >= 0.3 is 0 Å². The third-order valence-electron chi connectivity index (χ3n) is 1.66. The largest absolute Gasteiger partial charge is 0.383 e. The topological polar surface area (TPSA) is 76.1 Å². The van der Waals surface area contributed by atoms with Crippen LogP contribution in [0.3, 0.4) is 0 Å². The van der Waals surface area contributed by atoms with Crippen molar-refractivity contribution in [1.29, 1.82) is 0 Å². The average molecular weight is 230 g/mol. The minimum atomic E-state index is -0.183. The highest BCUT2D eigenvalue weighted by Gasteiger charge is 2.06. The molecule has 0 fully saturated rings. The van der Waals surface area contributed by atoms with Crippen molar-refractivity contribution in [1.82, 2.24) is 19.4 Å². The highest BCUT2D eigenvalue weighted by molar-refractivity contribution is 6.99. The van der Waals surface area contributed by atoms with Crippen molar-refractivity contribution >= 4 is 17.6 Å². The van der Waals surface area contributed by atoms with Crippen LogP contribution in [0.1, 0.15) is 10.5 Å². The molecule has 0 aromatic carbocycles. The molecule has 15 heavy (non-hydrogen) atoms. The van der Waals surface area contributed by atoms with Crippen LogP contribution in [0.5, 0.6) is 0 Å². The van der Waals surface area contributed by atoms with E-state index in [1.54, 1.807) is 7.11 Å². The maximum absolute atomic E-state index is 11.3. The summed E-state index contributed by atoms with van der Waals surface area (Å²) in [6.45, 7) is 2.74. The molecule has 7 heteroatoms. The van der Waals surface area contributed by atoms with E-state index in [0.29, 0.717) is 25.4 Å². The Labute approximate surface area is 92.4 Å². The summed E-state index contributed by atoms with van der Waals surface area (Å²) in [5.41, 5.74) is 0.372. The van der Waals surface area contributed by atoms with E-state index in [2.05, 4.69) is 19.4 Å². The van der Waals surface area contributed by atoms with Gasteiger partial charge in [0, 0.05) is 26.7 Å². The van der Waals surface area contributed by atoms with E-state index >= 15 is 0 Å². The number of amides is 1. The number of carbonyl (C=O) groups is 1. The zero-order valence-electron chi connectivity index (χ0n) is 8.52. The fraction of sp³-hybridized carbons (Fsp3) is 0.625. The van der Waals surface area contributed by atoms with Gasteiger partial charge in [-0.25, -0.2) is 0 Å². The lowest BCUT2D eigenvalue weighted by Crippen LogP contribution is -2.33. The summed E-state index contributed by atoms with van der Waals surface area (Å²) in [5, 5.41) is 5.84. The molecule has 1 aromatic rings. The molecule has 2 N–H and O–H groups in total. The van der Waals surface area contributed by atoms with Gasteiger partial charge < -0.3 is 15.4 Å². The number of aromatic nitrogens is 2. The second-order valence-electron chi connectivity index (χ2n) is 2.79. The van der Waals surface area contributed by atoms with Gasteiger partial charge in [-0.3, -0.25) is 4.79 Å². The molecule has 6 nitrogen and oxygen atoms in total. The van der Waals surface area contributed by atoms with Gasteiger partial charge in [-0.05, 0) is 0 Å². The van der Waals surface area contributed by atoms with Gasteiger partial charge in [0.2, 0.25) is 0 Å². The second-order valence-corrected chi connectivity index (χ2v) is 3.35. The highest BCUT2D eigenvalue weighted by Crippen LogP contribution is 1.93. The highest BCUT2D eigenvalue weighted by atomic mass is 32.1. The molecule has 0 bridgehead atoms. The van der Waals surface area contributed by atoms with E-state index in [9.17, 15) is 4.79 Å². The zero-order valence-corrected chi connectivity index (χ0v) is 9.34. The Morgan fingerprint density at radius 3 is 3.07 bits per heavy atom. The molecular formula is C8H14N4O2S. The molecule has 0 unspecified atom stereocenters. The van der Waals surface area contributed by atoms with Crippen LogP contribution in [-0.4, -0.2) is 48.0 Å². The number of nitrogens with one attached hydrogen (secondary N) is 2. The number of rotatable bonds is 7. The Hall–Kier alpha value is -1.05. The predicted molar refractivity (Wildman–Crippen MR) is 57.0 cm³/mol. The molecule has 1 aromatic heterocycles. The first-order valence-corrected chi connectivity index (χ1v) is 5.33. The maximum Gasteiger partial charge on any atom is 0.272 e. The summed E-state index contributed by atoms with van der Waals surface area (Å²) in [4.78, 5) is 11.3. The molecule has 0 radical (unpaired) electrons. The van der Waals surface area contributed by atoms with Crippen LogP contribution >= 0.6 is 11.7 Å². The minimum absolute atomic E-state index is 0.183. The molecule has 0 aliphatic carbocycles. The number of nitrogens with zero attached hydrogens (tertiary/aromatic N) is 2. The normalized spacial score (nSPS) is 10.2. The van der Waals surface area contributed by atoms with Crippen LogP contribution < -0.4 is 10.6 Å². The zero-order chi connectivity index (χ0) is 10.9. The summed E-state index contributed by atoms with van der Waals surface area (Å²) >= 11 is 1.03. The minimum Gasteiger partial charge on any atom is -0.383 e. The molecule has 0 aliphatic heterocycles. The maximum atomic E-state index is 11.3. The van der Waals surface area contributed by atoms with E-state index < -0.39 is 0 Å². The monoisotopic (exact) mass is 230 g/mol. The summed E-state index contributed by atoms with van der Waals surface area (Å²) in [5.74, 6) is -0.183. The number of carbonyl (C=O) groups excluding carboxylic acids is 1. The van der Waals surface area contributed by atoms with Crippen LogP contribution in [0, 0.1) is 0 Å². The van der Waals surface area contributed by atoms with Crippen molar-refractivity contribution in [2.45, 2.75) is 0 Å². The Morgan fingerprint density at radius 2 is 2.40 bits per heavy atom. The Kier molecular flexibility index (Phi) is 5.83. The first-order chi connectivity index (χ1) is 7.34. The molecule has 1 amide bonds. The first kappa shape index (κ1) is 12.0. The van der Waals surface area contributed by atoms with E-state index in [1.807, 2.05) is 0 Å². The number of methoxy groups -OCH3 is 1. The van der Waals surface area contributed by atoms with Crippen LogP contribution in [0.4, 0.5) is 0 Å². The van der Waals surface area contributed by atoms with Gasteiger partial charge in [-0.15, -0.1) is 0 Å². The molecule has 1 rings (SSSR count). The fourth-order valence-electron chi connectivity index (χ4n) is 0.919. The first-order valence-electron chi connectivity index (χ1n) is 4.60. The van der Waals surface area contributed by atoms with Crippen molar-refractivity contribution in [3.05, 3.63) is 11.9 Å². The Bertz CT molecular complexity index is 278. The Morgan fingerprint density at radius 1 is 1.53 bits per heavy atom. The van der Waals surface area contributed by atoms with E-state index in [0.717, 1.165) is 18.3 Å². The van der Waals surface area contributed by atoms with Gasteiger partial charge in [0.05, 0.1) is 24.5 Å². The van der Waals surface area contributed by atoms with Crippen molar-refractivity contribution in [3.63, 3.8) is 0 Å². The van der Waals surface area contributed by atoms with Crippen molar-refractivity contribution in [2.24, 2.45) is 0 Å². The van der Waals surface area contributed by atoms with Gasteiger partial charge in [0.1, 0.15) is 0 Å². The molecule has 1 heterocycles. The molecule has 0 saturated heterocycles. The van der Waals surface area contributed by atoms with Gasteiger partial charge in [-0.1, -0.05) is 0 Å². The molecule has 0 aliphatic rings. The van der Waals surface area contributed by atoms with Crippen LogP contribution in [0.15, 0.2) is 6.20 Å². The van der Waals surface area contributed by atoms with E-state index in [1.165, 1.54) is 6.20 Å². The third-order valence-corrected chi connectivity index (χ3v) is 2.14. The van der Waals surface area contributed by atoms with Gasteiger partial charge in [0.15, 0.2) is 5.69 Å². The lowest BCUT2D eigenvalue weighted by Gasteiger charge is -2.04.